The third kappa shape index (κ3) is 3.09. The van der Waals surface area contributed by atoms with Crippen LogP contribution in [0.2, 0.25) is 0 Å². The molecule has 0 aliphatic rings. The maximum absolute atomic E-state index is 11.2. The molecule has 2 N–H and O–H groups in total. The van der Waals surface area contributed by atoms with Gasteiger partial charge in [-0.3, -0.25) is 0 Å². The van der Waals surface area contributed by atoms with Crippen molar-refractivity contribution in [3.05, 3.63) is 29.8 Å². The van der Waals surface area contributed by atoms with E-state index >= 15 is 0 Å². The van der Waals surface area contributed by atoms with Gasteiger partial charge >= 0.3 is 0 Å². The van der Waals surface area contributed by atoms with Crippen molar-refractivity contribution >= 4 is 21.8 Å². The van der Waals surface area contributed by atoms with Gasteiger partial charge in [0, 0.05) is 5.56 Å². The highest BCUT2D eigenvalue weighted by molar-refractivity contribution is 7.98. The highest BCUT2D eigenvalue weighted by Gasteiger charge is 2.15. The van der Waals surface area contributed by atoms with Gasteiger partial charge in [0.15, 0.2) is 0 Å². The maximum atomic E-state index is 11.2. The Balaban J connectivity index is 2.44. The Kier molecular flexibility index (Phi) is 3.69. The van der Waals surface area contributed by atoms with Crippen LogP contribution in [0.15, 0.2) is 33.9 Å². The lowest BCUT2D eigenvalue weighted by atomic mass is 10.1. The minimum atomic E-state index is -3.60. The van der Waals surface area contributed by atoms with Gasteiger partial charge in [0.05, 0.1) is 5.75 Å². The van der Waals surface area contributed by atoms with Crippen molar-refractivity contribution in [3.8, 4) is 11.5 Å². The van der Waals surface area contributed by atoms with Crippen LogP contribution in [0.5, 0.6) is 0 Å². The average Bonchev–Trinajstić information content (AvgIpc) is 2.76. The summed E-state index contributed by atoms with van der Waals surface area (Å²) in [6, 6.07) is 6.89. The van der Waals surface area contributed by atoms with Crippen LogP contribution in [0.4, 0.5) is 0 Å². The maximum Gasteiger partial charge on any atom is 0.276 e. The molecule has 0 saturated carbocycles. The van der Waals surface area contributed by atoms with Crippen LogP contribution in [0.1, 0.15) is 5.56 Å². The van der Waals surface area contributed by atoms with E-state index in [4.69, 9.17) is 9.56 Å². The summed E-state index contributed by atoms with van der Waals surface area (Å²) in [5.74, 6) is 0.0266. The van der Waals surface area contributed by atoms with Crippen LogP contribution >= 0.6 is 11.8 Å². The molecule has 0 unspecified atom stereocenters. The van der Waals surface area contributed by atoms with E-state index in [2.05, 4.69) is 10.2 Å². The van der Waals surface area contributed by atoms with Crippen LogP contribution in [0, 0.1) is 0 Å². The standard InChI is InChI=1S/C10H11N3O3S2/c1-17-10-13-12-9(16-10)8-5-3-2-4-7(8)6-18(11,14)15/h2-5H,6H2,1H3,(H2,11,14,15). The van der Waals surface area contributed by atoms with Crippen molar-refractivity contribution in [1.82, 2.24) is 10.2 Å². The summed E-state index contributed by atoms with van der Waals surface area (Å²) in [5, 5.41) is 13.2. The van der Waals surface area contributed by atoms with Gasteiger partial charge in [0.1, 0.15) is 0 Å². The Morgan fingerprint density at radius 3 is 2.67 bits per heavy atom. The number of hydrogen-bond donors (Lipinski definition) is 1. The quantitative estimate of drug-likeness (QED) is 0.849. The van der Waals surface area contributed by atoms with Crippen LogP contribution in [0.3, 0.4) is 0 Å². The summed E-state index contributed by atoms with van der Waals surface area (Å²) in [6.45, 7) is 0. The van der Waals surface area contributed by atoms with E-state index in [1.165, 1.54) is 11.8 Å². The molecule has 96 valence electrons. The summed E-state index contributed by atoms with van der Waals surface area (Å²) < 4.78 is 27.7. The largest absolute Gasteiger partial charge is 0.411 e. The number of benzene rings is 1. The molecule has 18 heavy (non-hydrogen) atoms. The molecular weight excluding hydrogens is 274 g/mol. The Hall–Kier alpha value is -1.38. The first kappa shape index (κ1) is 13.1. The van der Waals surface area contributed by atoms with E-state index in [9.17, 15) is 8.42 Å². The first-order valence-corrected chi connectivity index (χ1v) is 7.90. The molecule has 0 saturated heterocycles. The number of nitrogens with zero attached hydrogens (tertiary/aromatic N) is 2. The average molecular weight is 285 g/mol. The van der Waals surface area contributed by atoms with Crippen molar-refractivity contribution in [2.24, 2.45) is 5.14 Å². The molecular formula is C10H11N3O3S2. The predicted octanol–water partition coefficient (Wildman–Crippen LogP) is 1.25. The third-order valence-corrected chi connectivity index (χ3v) is 3.41. The fourth-order valence-electron chi connectivity index (χ4n) is 1.47. The molecule has 0 aliphatic heterocycles. The Morgan fingerprint density at radius 2 is 2.06 bits per heavy atom. The number of aromatic nitrogens is 2. The van der Waals surface area contributed by atoms with E-state index in [1.807, 2.05) is 6.26 Å². The predicted molar refractivity (Wildman–Crippen MR) is 68.3 cm³/mol. The van der Waals surface area contributed by atoms with E-state index in [1.54, 1.807) is 24.3 Å². The number of nitrogens with two attached hydrogens (primary N) is 1. The fourth-order valence-corrected chi connectivity index (χ4v) is 2.44. The zero-order valence-corrected chi connectivity index (χ0v) is 11.2. The smallest absolute Gasteiger partial charge is 0.276 e. The molecule has 0 aliphatic carbocycles. The lowest BCUT2D eigenvalue weighted by molar-refractivity contribution is 0.466. The Morgan fingerprint density at radius 1 is 1.33 bits per heavy atom. The van der Waals surface area contributed by atoms with Crippen LogP contribution in [-0.2, 0) is 15.8 Å². The third-order valence-electron chi connectivity index (χ3n) is 2.19. The van der Waals surface area contributed by atoms with Gasteiger partial charge in [-0.1, -0.05) is 30.0 Å². The second-order valence-electron chi connectivity index (χ2n) is 3.54. The second-order valence-corrected chi connectivity index (χ2v) is 5.91. The van der Waals surface area contributed by atoms with Gasteiger partial charge in [-0.2, -0.15) is 0 Å². The molecule has 0 spiro atoms. The van der Waals surface area contributed by atoms with Crippen molar-refractivity contribution in [2.75, 3.05) is 6.26 Å². The summed E-state index contributed by atoms with van der Waals surface area (Å²) in [6.07, 6.45) is 1.81. The molecule has 0 fully saturated rings. The van der Waals surface area contributed by atoms with Gasteiger partial charge in [-0.15, -0.1) is 10.2 Å². The minimum absolute atomic E-state index is 0.264. The Labute approximate surface area is 109 Å². The molecule has 8 heteroatoms. The van der Waals surface area contributed by atoms with Crippen LogP contribution in [-0.4, -0.2) is 24.9 Å². The molecule has 6 nitrogen and oxygen atoms in total. The lowest BCUT2D eigenvalue weighted by Gasteiger charge is -2.04. The molecule has 0 bridgehead atoms. The number of sulfonamides is 1. The highest BCUT2D eigenvalue weighted by Crippen LogP contribution is 2.25. The summed E-state index contributed by atoms with van der Waals surface area (Å²) in [4.78, 5) is 0. The normalized spacial score (nSPS) is 11.7. The topological polar surface area (TPSA) is 99.1 Å². The first-order chi connectivity index (χ1) is 8.49. The number of primary sulfonamides is 1. The number of rotatable bonds is 4. The van der Waals surface area contributed by atoms with Gasteiger partial charge in [0.25, 0.3) is 5.22 Å². The van der Waals surface area contributed by atoms with Crippen molar-refractivity contribution in [2.45, 2.75) is 11.0 Å². The number of hydrogen-bond acceptors (Lipinski definition) is 6. The molecule has 0 atom stereocenters. The molecule has 1 aromatic heterocycles. The highest BCUT2D eigenvalue weighted by atomic mass is 32.2. The molecule has 2 aromatic rings. The van der Waals surface area contributed by atoms with Crippen LogP contribution in [0.25, 0.3) is 11.5 Å². The van der Waals surface area contributed by atoms with E-state index in [-0.39, 0.29) is 5.75 Å². The zero-order valence-electron chi connectivity index (χ0n) is 9.53. The SMILES string of the molecule is CSc1nnc(-c2ccccc2CS(N)(=O)=O)o1. The molecule has 2 rings (SSSR count). The van der Waals surface area contributed by atoms with E-state index in [0.29, 0.717) is 22.2 Å². The van der Waals surface area contributed by atoms with Gasteiger partial charge in [-0.25, -0.2) is 13.6 Å². The zero-order chi connectivity index (χ0) is 13.2. The monoisotopic (exact) mass is 285 g/mol. The molecule has 0 radical (unpaired) electrons. The van der Waals surface area contributed by atoms with Gasteiger partial charge in [-0.05, 0) is 17.9 Å². The van der Waals surface area contributed by atoms with Crippen LogP contribution < -0.4 is 5.14 Å². The first-order valence-electron chi connectivity index (χ1n) is 4.96. The Bertz CT molecular complexity index is 652. The van der Waals surface area contributed by atoms with Crippen molar-refractivity contribution < 1.29 is 12.8 Å². The molecule has 1 aromatic carbocycles. The van der Waals surface area contributed by atoms with E-state index < -0.39 is 10.0 Å². The van der Waals surface area contributed by atoms with Crippen molar-refractivity contribution in [1.29, 1.82) is 0 Å². The van der Waals surface area contributed by atoms with Gasteiger partial charge < -0.3 is 4.42 Å². The molecule has 0 amide bonds. The summed E-state index contributed by atoms with van der Waals surface area (Å²) in [7, 11) is -3.60. The van der Waals surface area contributed by atoms with Gasteiger partial charge in [0.2, 0.25) is 15.9 Å². The summed E-state index contributed by atoms with van der Waals surface area (Å²) >= 11 is 1.32. The summed E-state index contributed by atoms with van der Waals surface area (Å²) in [5.41, 5.74) is 1.12. The number of thioether (sulfide) groups is 1. The van der Waals surface area contributed by atoms with E-state index in [0.717, 1.165) is 0 Å². The second kappa shape index (κ2) is 5.09. The lowest BCUT2D eigenvalue weighted by Crippen LogP contribution is -2.15. The van der Waals surface area contributed by atoms with Crippen molar-refractivity contribution in [3.63, 3.8) is 0 Å². The fraction of sp³-hybridized carbons (Fsp3) is 0.200. The molecule has 1 heterocycles. The minimum Gasteiger partial charge on any atom is -0.411 e.